The van der Waals surface area contributed by atoms with Gasteiger partial charge in [0.2, 0.25) is 5.91 Å². The molecule has 0 aliphatic rings. The molecule has 0 fully saturated rings. The molecule has 1 aromatic heterocycles. The van der Waals surface area contributed by atoms with Gasteiger partial charge in [-0.25, -0.2) is 5.48 Å². The number of nitrogens with one attached hydrogen (secondary N) is 2. The van der Waals surface area contributed by atoms with E-state index in [0.29, 0.717) is 10.6 Å². The van der Waals surface area contributed by atoms with Crippen molar-refractivity contribution in [2.75, 3.05) is 5.32 Å². The van der Waals surface area contributed by atoms with Crippen LogP contribution >= 0.6 is 11.3 Å². The van der Waals surface area contributed by atoms with Gasteiger partial charge < -0.3 is 5.32 Å². The van der Waals surface area contributed by atoms with Crippen molar-refractivity contribution in [3.05, 3.63) is 58.3 Å². The summed E-state index contributed by atoms with van der Waals surface area (Å²) >= 11 is 1.18. The Kier molecular flexibility index (Phi) is 4.65. The maximum atomic E-state index is 11.7. The summed E-state index contributed by atoms with van der Waals surface area (Å²) in [6.45, 7) is 0. The molecule has 0 bridgehead atoms. The highest BCUT2D eigenvalue weighted by molar-refractivity contribution is 7.14. The molecule has 0 aliphatic heterocycles. The van der Waals surface area contributed by atoms with E-state index in [-0.39, 0.29) is 5.91 Å². The first-order valence-electron chi connectivity index (χ1n) is 5.77. The first kappa shape index (κ1) is 14.0. The summed E-state index contributed by atoms with van der Waals surface area (Å²) in [5.41, 5.74) is 2.28. The summed E-state index contributed by atoms with van der Waals surface area (Å²) in [7, 11) is 0. The number of carbonyl (C=O) groups is 2. The van der Waals surface area contributed by atoms with Gasteiger partial charge in [-0.05, 0) is 30.3 Å². The zero-order chi connectivity index (χ0) is 14.4. The fourth-order valence-corrected chi connectivity index (χ4v) is 2.28. The summed E-state index contributed by atoms with van der Waals surface area (Å²) in [5.74, 6) is -0.818. The number of benzene rings is 1. The number of thiophene rings is 1. The number of para-hydroxylation sites is 1. The maximum absolute atomic E-state index is 11.7. The van der Waals surface area contributed by atoms with Crippen LogP contribution in [0.4, 0.5) is 5.69 Å². The number of hydrogen-bond donors (Lipinski definition) is 3. The molecule has 3 N–H and O–H groups in total. The average molecular weight is 288 g/mol. The van der Waals surface area contributed by atoms with Crippen molar-refractivity contribution >= 4 is 34.9 Å². The van der Waals surface area contributed by atoms with E-state index in [1.165, 1.54) is 17.4 Å². The van der Waals surface area contributed by atoms with E-state index >= 15 is 0 Å². The third-order valence-electron chi connectivity index (χ3n) is 2.39. The van der Waals surface area contributed by atoms with Crippen LogP contribution in [0.5, 0.6) is 0 Å². The Balaban J connectivity index is 1.97. The molecule has 0 unspecified atom stereocenters. The van der Waals surface area contributed by atoms with Gasteiger partial charge in [0.15, 0.2) is 0 Å². The molecule has 0 spiro atoms. The molecule has 2 rings (SSSR count). The minimum absolute atomic E-state index is 0.252. The molecule has 0 aliphatic carbocycles. The third-order valence-corrected chi connectivity index (χ3v) is 3.44. The molecule has 1 aromatic carbocycles. The van der Waals surface area contributed by atoms with Gasteiger partial charge in [-0.2, -0.15) is 0 Å². The third kappa shape index (κ3) is 3.78. The van der Waals surface area contributed by atoms with Crippen molar-refractivity contribution in [3.63, 3.8) is 0 Å². The summed E-state index contributed by atoms with van der Waals surface area (Å²) in [6, 6.07) is 12.4. The van der Waals surface area contributed by atoms with Crippen LogP contribution in [0.15, 0.2) is 48.5 Å². The molecule has 6 heteroatoms. The molecular weight excluding hydrogens is 276 g/mol. The Hall–Kier alpha value is -2.44. The molecule has 0 saturated carbocycles. The van der Waals surface area contributed by atoms with Crippen LogP contribution in [0.3, 0.4) is 0 Å². The smallest absolute Gasteiger partial charge is 0.284 e. The molecule has 2 aromatic rings. The lowest BCUT2D eigenvalue weighted by atomic mass is 10.3. The van der Waals surface area contributed by atoms with Crippen molar-refractivity contribution in [3.8, 4) is 0 Å². The molecule has 20 heavy (non-hydrogen) atoms. The molecule has 5 nitrogen and oxygen atoms in total. The van der Waals surface area contributed by atoms with E-state index in [1.807, 2.05) is 18.2 Å². The molecule has 102 valence electrons. The highest BCUT2D eigenvalue weighted by Gasteiger charge is 2.06. The van der Waals surface area contributed by atoms with E-state index in [9.17, 15) is 9.59 Å². The van der Waals surface area contributed by atoms with Crippen molar-refractivity contribution in [2.24, 2.45) is 0 Å². The molecule has 2 amide bonds. The minimum atomic E-state index is -0.566. The average Bonchev–Trinajstić information content (AvgIpc) is 2.94. The fraction of sp³-hybridized carbons (Fsp3) is 0. The highest BCUT2D eigenvalue weighted by Crippen LogP contribution is 2.17. The predicted molar refractivity (Wildman–Crippen MR) is 77.7 cm³/mol. The van der Waals surface area contributed by atoms with Crippen molar-refractivity contribution in [1.29, 1.82) is 0 Å². The highest BCUT2D eigenvalue weighted by atomic mass is 32.1. The van der Waals surface area contributed by atoms with Crippen LogP contribution in [0.25, 0.3) is 6.08 Å². The van der Waals surface area contributed by atoms with Gasteiger partial charge in [0.05, 0.1) is 4.88 Å². The lowest BCUT2D eigenvalue weighted by Crippen LogP contribution is -2.16. The van der Waals surface area contributed by atoms with Gasteiger partial charge in [0, 0.05) is 16.6 Å². The lowest BCUT2D eigenvalue weighted by molar-refractivity contribution is -0.111. The number of hydroxylamine groups is 1. The first-order valence-corrected chi connectivity index (χ1v) is 6.59. The minimum Gasteiger partial charge on any atom is -0.323 e. The van der Waals surface area contributed by atoms with Crippen LogP contribution < -0.4 is 10.8 Å². The molecular formula is C14H12N2O3S. The number of rotatable bonds is 4. The SMILES string of the molecule is O=C(C=Cc1ccc(C(=O)NO)s1)Nc1ccccc1. The Morgan fingerprint density at radius 1 is 1.10 bits per heavy atom. The van der Waals surface area contributed by atoms with Gasteiger partial charge in [0.1, 0.15) is 0 Å². The van der Waals surface area contributed by atoms with Crippen LogP contribution in [0.2, 0.25) is 0 Å². The van der Waals surface area contributed by atoms with Gasteiger partial charge in [0.25, 0.3) is 5.91 Å². The van der Waals surface area contributed by atoms with Gasteiger partial charge >= 0.3 is 0 Å². The number of hydrogen-bond acceptors (Lipinski definition) is 4. The number of carbonyl (C=O) groups excluding carboxylic acids is 2. The van der Waals surface area contributed by atoms with E-state index in [1.54, 1.807) is 35.8 Å². The van der Waals surface area contributed by atoms with Crippen LogP contribution in [-0.4, -0.2) is 17.0 Å². The second kappa shape index (κ2) is 6.65. The molecule has 0 radical (unpaired) electrons. The van der Waals surface area contributed by atoms with Gasteiger partial charge in [-0.1, -0.05) is 18.2 Å². The maximum Gasteiger partial charge on any atom is 0.284 e. The normalized spacial score (nSPS) is 10.4. The summed E-state index contributed by atoms with van der Waals surface area (Å²) in [6.07, 6.45) is 3.00. The fourth-order valence-electron chi connectivity index (χ4n) is 1.48. The zero-order valence-corrected chi connectivity index (χ0v) is 11.2. The Labute approximate surface area is 119 Å². The van der Waals surface area contributed by atoms with Crippen LogP contribution in [-0.2, 0) is 4.79 Å². The second-order valence-electron chi connectivity index (χ2n) is 3.83. The van der Waals surface area contributed by atoms with Crippen molar-refractivity contribution in [2.45, 2.75) is 0 Å². The number of amides is 2. The second-order valence-corrected chi connectivity index (χ2v) is 4.95. The standard InChI is InChI=1S/C14H12N2O3S/c17-13(15-10-4-2-1-3-5-10)9-7-11-6-8-12(20-11)14(18)16-19/h1-9,19H,(H,15,17)(H,16,18). The monoisotopic (exact) mass is 288 g/mol. The Morgan fingerprint density at radius 2 is 1.85 bits per heavy atom. The van der Waals surface area contributed by atoms with E-state index in [0.717, 1.165) is 4.88 Å². The summed E-state index contributed by atoms with van der Waals surface area (Å²) in [5, 5.41) is 11.2. The largest absolute Gasteiger partial charge is 0.323 e. The van der Waals surface area contributed by atoms with Gasteiger partial charge in [-0.3, -0.25) is 14.8 Å². The topological polar surface area (TPSA) is 78.4 Å². The molecule has 0 atom stereocenters. The summed E-state index contributed by atoms with van der Waals surface area (Å²) in [4.78, 5) is 23.9. The lowest BCUT2D eigenvalue weighted by Gasteiger charge is -1.99. The summed E-state index contributed by atoms with van der Waals surface area (Å²) < 4.78 is 0. The molecule has 1 heterocycles. The first-order chi connectivity index (χ1) is 9.69. The van der Waals surface area contributed by atoms with E-state index in [4.69, 9.17) is 5.21 Å². The molecule has 0 saturated heterocycles. The van der Waals surface area contributed by atoms with Gasteiger partial charge in [-0.15, -0.1) is 11.3 Å². The van der Waals surface area contributed by atoms with E-state index < -0.39 is 5.91 Å². The Bertz CT molecular complexity index is 635. The van der Waals surface area contributed by atoms with Crippen molar-refractivity contribution in [1.82, 2.24) is 5.48 Å². The number of anilines is 1. The van der Waals surface area contributed by atoms with Crippen LogP contribution in [0, 0.1) is 0 Å². The van der Waals surface area contributed by atoms with Crippen LogP contribution in [0.1, 0.15) is 14.5 Å². The van der Waals surface area contributed by atoms with Crippen molar-refractivity contribution < 1.29 is 14.8 Å². The van der Waals surface area contributed by atoms with E-state index in [2.05, 4.69) is 5.32 Å². The Morgan fingerprint density at radius 3 is 2.55 bits per heavy atom. The quantitative estimate of drug-likeness (QED) is 0.459. The predicted octanol–water partition coefficient (Wildman–Crippen LogP) is 2.52. The zero-order valence-electron chi connectivity index (χ0n) is 10.4.